The van der Waals surface area contributed by atoms with Gasteiger partial charge >= 0.3 is 0 Å². The topological polar surface area (TPSA) is 65.5 Å². The summed E-state index contributed by atoms with van der Waals surface area (Å²) in [6.07, 6.45) is 7.03. The van der Waals surface area contributed by atoms with Crippen molar-refractivity contribution >= 4 is 36.6 Å². The molecule has 2 aliphatic rings. The van der Waals surface area contributed by atoms with Crippen LogP contribution in [0.1, 0.15) is 36.0 Å². The van der Waals surface area contributed by atoms with Crippen LogP contribution in [0, 0.1) is 5.92 Å². The standard InChI is InChI=1S/C18H26N4O2.2ClH/c1-21(16-6-10-20-11-7-16)17(23)15-3-2-12-22(13-15)18(24)14-4-8-19-9-5-14;;/h4-5,8-9,15-16,20H,2-3,6-7,10-13H2,1H3;2*1H. The normalized spacial score (nSPS) is 20.5. The maximum Gasteiger partial charge on any atom is 0.253 e. The minimum Gasteiger partial charge on any atom is -0.342 e. The zero-order chi connectivity index (χ0) is 16.9. The number of rotatable bonds is 3. The molecule has 146 valence electrons. The van der Waals surface area contributed by atoms with E-state index < -0.39 is 0 Å². The monoisotopic (exact) mass is 402 g/mol. The van der Waals surface area contributed by atoms with Gasteiger partial charge in [0.25, 0.3) is 5.91 Å². The number of pyridine rings is 1. The van der Waals surface area contributed by atoms with Crippen molar-refractivity contribution in [2.75, 3.05) is 33.2 Å². The van der Waals surface area contributed by atoms with Crippen molar-refractivity contribution in [1.29, 1.82) is 0 Å². The molecule has 1 aromatic heterocycles. The van der Waals surface area contributed by atoms with Crippen LogP contribution in [0.5, 0.6) is 0 Å². The number of amides is 2. The molecule has 0 aromatic carbocycles. The van der Waals surface area contributed by atoms with Gasteiger partial charge in [0.2, 0.25) is 5.91 Å². The van der Waals surface area contributed by atoms with Crippen molar-refractivity contribution in [3.05, 3.63) is 30.1 Å². The number of hydrogen-bond donors (Lipinski definition) is 1. The summed E-state index contributed by atoms with van der Waals surface area (Å²) in [4.78, 5) is 33.2. The molecule has 0 bridgehead atoms. The molecule has 0 saturated carbocycles. The van der Waals surface area contributed by atoms with E-state index in [1.807, 2.05) is 16.8 Å². The Morgan fingerprint density at radius 3 is 2.46 bits per heavy atom. The van der Waals surface area contributed by atoms with E-state index in [4.69, 9.17) is 0 Å². The van der Waals surface area contributed by atoms with Crippen molar-refractivity contribution in [2.24, 2.45) is 5.92 Å². The molecule has 3 heterocycles. The average molecular weight is 403 g/mol. The van der Waals surface area contributed by atoms with E-state index in [1.54, 1.807) is 24.5 Å². The predicted octanol–water partition coefficient (Wildman–Crippen LogP) is 1.99. The Labute approximate surface area is 167 Å². The summed E-state index contributed by atoms with van der Waals surface area (Å²) in [7, 11) is 1.92. The van der Waals surface area contributed by atoms with Crippen LogP contribution in [0.3, 0.4) is 0 Å². The summed E-state index contributed by atoms with van der Waals surface area (Å²) in [6, 6.07) is 3.79. The Morgan fingerprint density at radius 1 is 1.15 bits per heavy atom. The van der Waals surface area contributed by atoms with Gasteiger partial charge in [0.15, 0.2) is 0 Å². The first-order valence-electron chi connectivity index (χ1n) is 8.83. The molecular formula is C18H28Cl2N4O2. The van der Waals surface area contributed by atoms with E-state index in [2.05, 4.69) is 10.3 Å². The number of nitrogens with one attached hydrogen (secondary N) is 1. The van der Waals surface area contributed by atoms with Crippen LogP contribution in [0.2, 0.25) is 0 Å². The SMILES string of the molecule is CN(C(=O)C1CCCN(C(=O)c2ccncc2)C1)C1CCNCC1.Cl.Cl. The van der Waals surface area contributed by atoms with E-state index in [9.17, 15) is 9.59 Å². The van der Waals surface area contributed by atoms with Gasteiger partial charge in [-0.3, -0.25) is 14.6 Å². The first-order chi connectivity index (χ1) is 11.7. The zero-order valence-electron chi connectivity index (χ0n) is 15.1. The molecule has 1 aromatic rings. The highest BCUT2D eigenvalue weighted by Crippen LogP contribution is 2.22. The number of halogens is 2. The summed E-state index contributed by atoms with van der Waals surface area (Å²) in [5.74, 6) is 0.109. The number of carbonyl (C=O) groups excluding carboxylic acids is 2. The fourth-order valence-electron chi connectivity index (χ4n) is 3.70. The minimum atomic E-state index is -0.0792. The lowest BCUT2D eigenvalue weighted by Crippen LogP contribution is -2.50. The van der Waals surface area contributed by atoms with Gasteiger partial charge in [-0.25, -0.2) is 0 Å². The van der Waals surface area contributed by atoms with Gasteiger partial charge in [0, 0.05) is 44.1 Å². The third kappa shape index (κ3) is 5.32. The first-order valence-corrected chi connectivity index (χ1v) is 8.83. The van der Waals surface area contributed by atoms with Gasteiger partial charge in [-0.05, 0) is 50.9 Å². The lowest BCUT2D eigenvalue weighted by molar-refractivity contribution is -0.138. The number of carbonyl (C=O) groups is 2. The van der Waals surface area contributed by atoms with Crippen molar-refractivity contribution in [2.45, 2.75) is 31.7 Å². The molecule has 1 unspecified atom stereocenters. The van der Waals surface area contributed by atoms with Gasteiger partial charge < -0.3 is 15.1 Å². The van der Waals surface area contributed by atoms with Crippen molar-refractivity contribution in [1.82, 2.24) is 20.1 Å². The van der Waals surface area contributed by atoms with Gasteiger partial charge in [-0.1, -0.05) is 0 Å². The summed E-state index contributed by atoms with van der Waals surface area (Å²) in [5, 5.41) is 3.33. The predicted molar refractivity (Wildman–Crippen MR) is 106 cm³/mol. The Bertz CT molecular complexity index is 582. The van der Waals surface area contributed by atoms with E-state index in [0.717, 1.165) is 45.3 Å². The zero-order valence-corrected chi connectivity index (χ0v) is 16.7. The second-order valence-electron chi connectivity index (χ2n) is 6.76. The molecule has 8 heteroatoms. The van der Waals surface area contributed by atoms with Crippen molar-refractivity contribution in [3.63, 3.8) is 0 Å². The fourth-order valence-corrected chi connectivity index (χ4v) is 3.70. The molecule has 2 amide bonds. The second-order valence-corrected chi connectivity index (χ2v) is 6.76. The number of nitrogens with zero attached hydrogens (tertiary/aromatic N) is 3. The lowest BCUT2D eigenvalue weighted by Gasteiger charge is -2.37. The highest BCUT2D eigenvalue weighted by atomic mass is 35.5. The van der Waals surface area contributed by atoms with Gasteiger partial charge in [0.1, 0.15) is 0 Å². The van der Waals surface area contributed by atoms with Crippen LogP contribution in [-0.4, -0.2) is 65.9 Å². The van der Waals surface area contributed by atoms with Crippen LogP contribution in [0.4, 0.5) is 0 Å². The van der Waals surface area contributed by atoms with Crippen LogP contribution in [0.25, 0.3) is 0 Å². The van der Waals surface area contributed by atoms with E-state index in [1.165, 1.54) is 0 Å². The molecule has 3 rings (SSSR count). The molecule has 0 spiro atoms. The molecule has 26 heavy (non-hydrogen) atoms. The summed E-state index contributed by atoms with van der Waals surface area (Å²) in [5.41, 5.74) is 0.643. The Morgan fingerprint density at radius 2 is 1.81 bits per heavy atom. The number of likely N-dealkylation sites (tertiary alicyclic amines) is 1. The van der Waals surface area contributed by atoms with Crippen molar-refractivity contribution in [3.8, 4) is 0 Å². The van der Waals surface area contributed by atoms with E-state index in [0.29, 0.717) is 18.2 Å². The van der Waals surface area contributed by atoms with Crippen LogP contribution in [0.15, 0.2) is 24.5 Å². The Hall–Kier alpha value is -1.37. The molecule has 2 fully saturated rings. The second kappa shape index (κ2) is 10.7. The average Bonchev–Trinajstić information content (AvgIpc) is 2.67. The highest BCUT2D eigenvalue weighted by molar-refractivity contribution is 5.94. The molecule has 0 radical (unpaired) electrons. The Balaban J connectivity index is 0.00000169. The minimum absolute atomic E-state index is 0. The summed E-state index contributed by atoms with van der Waals surface area (Å²) in [6.45, 7) is 3.19. The van der Waals surface area contributed by atoms with E-state index in [-0.39, 0.29) is 42.5 Å². The lowest BCUT2D eigenvalue weighted by atomic mass is 9.94. The van der Waals surface area contributed by atoms with Crippen LogP contribution < -0.4 is 5.32 Å². The number of aromatic nitrogens is 1. The molecule has 0 aliphatic carbocycles. The molecular weight excluding hydrogens is 375 g/mol. The summed E-state index contributed by atoms with van der Waals surface area (Å²) < 4.78 is 0. The molecule has 1 atom stereocenters. The maximum absolute atomic E-state index is 12.9. The van der Waals surface area contributed by atoms with Crippen LogP contribution >= 0.6 is 24.8 Å². The smallest absolute Gasteiger partial charge is 0.253 e. The molecule has 6 nitrogen and oxygen atoms in total. The molecule has 2 saturated heterocycles. The first kappa shape index (κ1) is 22.7. The van der Waals surface area contributed by atoms with Gasteiger partial charge in [-0.15, -0.1) is 24.8 Å². The van der Waals surface area contributed by atoms with Crippen molar-refractivity contribution < 1.29 is 9.59 Å². The molecule has 2 aliphatic heterocycles. The van der Waals surface area contributed by atoms with E-state index >= 15 is 0 Å². The summed E-state index contributed by atoms with van der Waals surface area (Å²) >= 11 is 0. The fraction of sp³-hybridized carbons (Fsp3) is 0.611. The molecule has 1 N–H and O–H groups in total. The van der Waals surface area contributed by atoms with Crippen LogP contribution in [-0.2, 0) is 4.79 Å². The van der Waals surface area contributed by atoms with Gasteiger partial charge in [-0.2, -0.15) is 0 Å². The largest absolute Gasteiger partial charge is 0.342 e. The Kier molecular flexibility index (Phi) is 9.33. The number of piperidine rings is 2. The third-order valence-corrected chi connectivity index (χ3v) is 5.19. The quantitative estimate of drug-likeness (QED) is 0.839. The number of hydrogen-bond acceptors (Lipinski definition) is 4. The maximum atomic E-state index is 12.9. The highest BCUT2D eigenvalue weighted by Gasteiger charge is 2.33. The van der Waals surface area contributed by atoms with Gasteiger partial charge in [0.05, 0.1) is 5.92 Å². The third-order valence-electron chi connectivity index (χ3n) is 5.19.